The van der Waals surface area contributed by atoms with E-state index in [1.807, 2.05) is 17.0 Å². The summed E-state index contributed by atoms with van der Waals surface area (Å²) < 4.78 is 44.3. The van der Waals surface area contributed by atoms with E-state index in [0.29, 0.717) is 28.3 Å². The molecule has 0 unspecified atom stereocenters. The van der Waals surface area contributed by atoms with Crippen molar-refractivity contribution in [3.8, 4) is 11.5 Å². The SMILES string of the molecule is CN1CC2(C1)CN(C(=S)N(Cc1ccc(-c3nnc(C(F)F)o3)cc1)c1ccc(F)c(Cl)c1)C2. The number of hydrogen-bond donors (Lipinski definition) is 0. The van der Waals surface area contributed by atoms with Gasteiger partial charge >= 0.3 is 6.43 Å². The Morgan fingerprint density at radius 3 is 2.44 bits per heavy atom. The highest BCUT2D eigenvalue weighted by atomic mass is 35.5. The number of thiocarbonyl (C=S) groups is 1. The molecule has 6 nitrogen and oxygen atoms in total. The van der Waals surface area contributed by atoms with Gasteiger partial charge in [-0.05, 0) is 55.2 Å². The standard InChI is InChI=1S/C23H21ClF3N5OS/c1-30-10-23(11-30)12-31(13-23)22(34)32(16-6-7-18(25)17(24)8-16)9-14-2-4-15(5-3-14)20-28-29-21(33-20)19(26)27/h2-8,19H,9-13H2,1H3. The molecule has 11 heteroatoms. The summed E-state index contributed by atoms with van der Waals surface area (Å²) in [6.07, 6.45) is -2.82. The van der Waals surface area contributed by atoms with Gasteiger partial charge in [-0.1, -0.05) is 23.7 Å². The van der Waals surface area contributed by atoms with Crippen molar-refractivity contribution in [2.75, 3.05) is 38.1 Å². The normalized spacial score (nSPS) is 17.1. The Morgan fingerprint density at radius 1 is 1.15 bits per heavy atom. The van der Waals surface area contributed by atoms with Crippen LogP contribution in [-0.2, 0) is 6.54 Å². The van der Waals surface area contributed by atoms with Crippen molar-refractivity contribution in [1.29, 1.82) is 0 Å². The zero-order chi connectivity index (χ0) is 24.0. The summed E-state index contributed by atoms with van der Waals surface area (Å²) in [7, 11) is 2.10. The fourth-order valence-corrected chi connectivity index (χ4v) is 5.14. The number of hydrogen-bond acceptors (Lipinski definition) is 5. The molecule has 178 valence electrons. The van der Waals surface area contributed by atoms with Crippen LogP contribution in [-0.4, -0.2) is 58.3 Å². The minimum absolute atomic E-state index is 0.0209. The van der Waals surface area contributed by atoms with Crippen molar-refractivity contribution in [2.45, 2.75) is 13.0 Å². The number of alkyl halides is 2. The van der Waals surface area contributed by atoms with E-state index in [4.69, 9.17) is 28.2 Å². The van der Waals surface area contributed by atoms with Crippen molar-refractivity contribution < 1.29 is 17.6 Å². The van der Waals surface area contributed by atoms with Crippen LogP contribution >= 0.6 is 23.8 Å². The minimum Gasteiger partial charge on any atom is -0.415 e. The van der Waals surface area contributed by atoms with E-state index >= 15 is 0 Å². The molecule has 1 spiro atoms. The Morgan fingerprint density at radius 2 is 1.85 bits per heavy atom. The van der Waals surface area contributed by atoms with Crippen LogP contribution in [0.3, 0.4) is 0 Å². The number of anilines is 1. The number of aromatic nitrogens is 2. The molecule has 2 aliphatic rings. The quantitative estimate of drug-likeness (QED) is 0.450. The van der Waals surface area contributed by atoms with Gasteiger partial charge in [-0.15, -0.1) is 10.2 Å². The molecule has 1 aromatic heterocycles. The maximum atomic E-state index is 13.8. The third kappa shape index (κ3) is 4.37. The molecule has 2 aliphatic heterocycles. The number of likely N-dealkylation sites (tertiary alicyclic amines) is 2. The fraction of sp³-hybridized carbons (Fsp3) is 0.348. The van der Waals surface area contributed by atoms with Crippen molar-refractivity contribution in [1.82, 2.24) is 20.0 Å². The van der Waals surface area contributed by atoms with Crippen LogP contribution in [0.1, 0.15) is 17.9 Å². The smallest absolute Gasteiger partial charge is 0.314 e. The van der Waals surface area contributed by atoms with Crippen LogP contribution < -0.4 is 4.90 Å². The Bertz CT molecular complexity index is 1210. The molecule has 0 amide bonds. The molecule has 3 aromatic rings. The van der Waals surface area contributed by atoms with E-state index in [-0.39, 0.29) is 10.9 Å². The van der Waals surface area contributed by atoms with Gasteiger partial charge in [-0.25, -0.2) is 4.39 Å². The average molecular weight is 508 g/mol. The fourth-order valence-electron chi connectivity index (χ4n) is 4.67. The summed E-state index contributed by atoms with van der Waals surface area (Å²) in [5.74, 6) is -1.19. The van der Waals surface area contributed by atoms with Crippen molar-refractivity contribution in [3.63, 3.8) is 0 Å². The Balaban J connectivity index is 1.35. The maximum Gasteiger partial charge on any atom is 0.314 e. The van der Waals surface area contributed by atoms with Gasteiger partial charge in [0, 0.05) is 42.8 Å². The molecule has 3 heterocycles. The third-order valence-electron chi connectivity index (χ3n) is 6.15. The molecule has 0 radical (unpaired) electrons. The van der Waals surface area contributed by atoms with E-state index in [1.165, 1.54) is 6.07 Å². The van der Waals surface area contributed by atoms with E-state index in [9.17, 15) is 13.2 Å². The molecule has 0 aliphatic carbocycles. The van der Waals surface area contributed by atoms with Gasteiger partial charge in [0.25, 0.3) is 5.89 Å². The van der Waals surface area contributed by atoms with Crippen molar-refractivity contribution in [3.05, 3.63) is 64.8 Å². The molecule has 0 bridgehead atoms. The molecule has 34 heavy (non-hydrogen) atoms. The van der Waals surface area contributed by atoms with E-state index in [1.54, 1.807) is 24.3 Å². The van der Waals surface area contributed by atoms with Crippen LogP contribution in [0.4, 0.5) is 18.9 Å². The summed E-state index contributed by atoms with van der Waals surface area (Å²) >= 11 is 11.9. The second-order valence-corrected chi connectivity index (χ2v) is 9.71. The number of rotatable bonds is 5. The van der Waals surface area contributed by atoms with Gasteiger partial charge in [-0.2, -0.15) is 8.78 Å². The highest BCUT2D eigenvalue weighted by Crippen LogP contribution is 2.40. The minimum atomic E-state index is -2.82. The molecule has 0 saturated carbocycles. The lowest BCUT2D eigenvalue weighted by atomic mass is 9.73. The third-order valence-corrected chi connectivity index (χ3v) is 6.92. The van der Waals surface area contributed by atoms with Crippen LogP contribution in [0.5, 0.6) is 0 Å². The lowest BCUT2D eigenvalue weighted by molar-refractivity contribution is -0.0733. The first-order chi connectivity index (χ1) is 16.2. The van der Waals surface area contributed by atoms with Crippen molar-refractivity contribution >= 4 is 34.6 Å². The molecular weight excluding hydrogens is 487 g/mol. The molecule has 5 rings (SSSR count). The molecule has 2 fully saturated rings. The van der Waals surface area contributed by atoms with Gasteiger partial charge in [0.05, 0.1) is 11.6 Å². The van der Waals surface area contributed by atoms with Crippen molar-refractivity contribution in [2.24, 2.45) is 5.41 Å². The summed E-state index contributed by atoms with van der Waals surface area (Å²) in [4.78, 5) is 6.36. The van der Waals surface area contributed by atoms with Gasteiger partial charge in [0.1, 0.15) is 5.82 Å². The van der Waals surface area contributed by atoms with Gasteiger partial charge in [0.15, 0.2) is 5.11 Å². The zero-order valence-electron chi connectivity index (χ0n) is 18.2. The Labute approximate surface area is 204 Å². The Hall–Kier alpha value is -2.69. The van der Waals surface area contributed by atoms with Crippen LogP contribution in [0, 0.1) is 11.2 Å². The van der Waals surface area contributed by atoms with Crippen LogP contribution in [0.25, 0.3) is 11.5 Å². The van der Waals surface area contributed by atoms with E-state index < -0.39 is 18.1 Å². The monoisotopic (exact) mass is 507 g/mol. The van der Waals surface area contributed by atoms with Gasteiger partial charge in [0.2, 0.25) is 5.89 Å². The van der Waals surface area contributed by atoms with Crippen LogP contribution in [0.2, 0.25) is 5.02 Å². The lowest BCUT2D eigenvalue weighted by Gasteiger charge is -2.60. The Kier molecular flexibility index (Phi) is 5.99. The molecular formula is C23H21ClF3N5OS. The van der Waals surface area contributed by atoms with Gasteiger partial charge < -0.3 is 19.1 Å². The zero-order valence-corrected chi connectivity index (χ0v) is 19.8. The molecule has 0 N–H and O–H groups in total. The molecule has 2 saturated heterocycles. The summed E-state index contributed by atoms with van der Waals surface area (Å²) in [5.41, 5.74) is 2.42. The van der Waals surface area contributed by atoms with E-state index in [2.05, 4.69) is 27.0 Å². The molecule has 2 aromatic carbocycles. The first-order valence-electron chi connectivity index (χ1n) is 10.6. The second-order valence-electron chi connectivity index (χ2n) is 8.94. The highest BCUT2D eigenvalue weighted by Gasteiger charge is 2.51. The first kappa shape index (κ1) is 23.1. The number of benzene rings is 2. The topological polar surface area (TPSA) is 48.6 Å². The van der Waals surface area contributed by atoms with Crippen LogP contribution in [0.15, 0.2) is 46.9 Å². The first-order valence-corrected chi connectivity index (χ1v) is 11.4. The van der Waals surface area contributed by atoms with E-state index in [0.717, 1.165) is 31.7 Å². The predicted octanol–water partition coefficient (Wildman–Crippen LogP) is 5.01. The number of halogens is 4. The molecule has 0 atom stereocenters. The highest BCUT2D eigenvalue weighted by molar-refractivity contribution is 7.80. The largest absolute Gasteiger partial charge is 0.415 e. The predicted molar refractivity (Wildman–Crippen MR) is 126 cm³/mol. The average Bonchev–Trinajstić information content (AvgIpc) is 3.26. The van der Waals surface area contributed by atoms with Gasteiger partial charge in [-0.3, -0.25) is 0 Å². The number of nitrogens with zero attached hydrogens (tertiary/aromatic N) is 5. The summed E-state index contributed by atoms with van der Waals surface area (Å²) in [6, 6.07) is 11.7. The maximum absolute atomic E-state index is 13.8. The summed E-state index contributed by atoms with van der Waals surface area (Å²) in [5, 5.41) is 7.70. The lowest BCUT2D eigenvalue weighted by Crippen LogP contribution is -2.73. The second kappa shape index (κ2) is 8.83. The summed E-state index contributed by atoms with van der Waals surface area (Å²) in [6.45, 7) is 4.28.